The quantitative estimate of drug-likeness (QED) is 0.797. The Morgan fingerprint density at radius 2 is 2.31 bits per heavy atom. The Morgan fingerprint density at radius 1 is 1.54 bits per heavy atom. The van der Waals surface area contributed by atoms with Crippen molar-refractivity contribution in [3.05, 3.63) is 16.1 Å². The zero-order chi connectivity index (χ0) is 9.26. The Bertz CT molecular complexity index is 298. The van der Waals surface area contributed by atoms with Gasteiger partial charge in [0.2, 0.25) is 0 Å². The first-order chi connectivity index (χ1) is 6.25. The molecular weight excluding hydrogens is 279 g/mol. The van der Waals surface area contributed by atoms with Crippen molar-refractivity contribution < 1.29 is 0 Å². The largest absolute Gasteiger partial charge is 0.366 e. The molecule has 3 N–H and O–H groups in total. The fraction of sp³-hybridized carbons (Fsp3) is 0.500. The van der Waals surface area contributed by atoms with Crippen LogP contribution in [0.2, 0.25) is 0 Å². The number of nitrogens with two attached hydrogens (primary N) is 1. The fourth-order valence-corrected chi connectivity index (χ4v) is 1.85. The van der Waals surface area contributed by atoms with E-state index in [1.165, 1.54) is 0 Å². The van der Waals surface area contributed by atoms with E-state index in [4.69, 9.17) is 5.73 Å². The smallest absolute Gasteiger partial charge is 0.143 e. The van der Waals surface area contributed by atoms with Crippen LogP contribution in [0.5, 0.6) is 0 Å². The molecule has 0 bridgehead atoms. The number of hydrogen-bond donors (Lipinski definition) is 2. The number of anilines is 1. The number of nitrogens with zero attached hydrogens (tertiary/aromatic N) is 2. The van der Waals surface area contributed by atoms with Crippen molar-refractivity contribution in [1.82, 2.24) is 9.97 Å². The van der Waals surface area contributed by atoms with Gasteiger partial charge in [0.25, 0.3) is 0 Å². The SMILES string of the molecule is NC1CC(Nc2ncncc2I)C1. The Hall–Kier alpha value is -0.430. The molecule has 1 aliphatic carbocycles. The van der Waals surface area contributed by atoms with E-state index >= 15 is 0 Å². The molecule has 5 heteroatoms. The molecule has 1 aromatic rings. The van der Waals surface area contributed by atoms with Gasteiger partial charge in [-0.15, -0.1) is 0 Å². The second kappa shape index (κ2) is 3.75. The summed E-state index contributed by atoms with van der Waals surface area (Å²) < 4.78 is 1.06. The second-order valence-corrected chi connectivity index (χ2v) is 4.45. The first kappa shape index (κ1) is 9.14. The van der Waals surface area contributed by atoms with Gasteiger partial charge in [0.15, 0.2) is 0 Å². The lowest BCUT2D eigenvalue weighted by Gasteiger charge is -2.33. The minimum atomic E-state index is 0.372. The maximum absolute atomic E-state index is 5.69. The van der Waals surface area contributed by atoms with Crippen molar-refractivity contribution in [2.75, 3.05) is 5.32 Å². The zero-order valence-electron chi connectivity index (χ0n) is 7.07. The molecule has 0 amide bonds. The molecule has 0 radical (unpaired) electrons. The molecule has 1 fully saturated rings. The molecular formula is C8H11IN4. The molecule has 13 heavy (non-hydrogen) atoms. The second-order valence-electron chi connectivity index (χ2n) is 3.29. The van der Waals surface area contributed by atoms with E-state index in [2.05, 4.69) is 37.9 Å². The molecule has 2 rings (SSSR count). The van der Waals surface area contributed by atoms with Crippen LogP contribution in [0.4, 0.5) is 5.82 Å². The Kier molecular flexibility index (Phi) is 2.63. The number of hydrogen-bond acceptors (Lipinski definition) is 4. The number of rotatable bonds is 2. The highest BCUT2D eigenvalue weighted by atomic mass is 127. The normalized spacial score (nSPS) is 26.6. The fourth-order valence-electron chi connectivity index (χ4n) is 1.39. The average Bonchev–Trinajstić information content (AvgIpc) is 2.06. The summed E-state index contributed by atoms with van der Waals surface area (Å²) in [6.45, 7) is 0. The molecule has 1 aromatic heterocycles. The van der Waals surface area contributed by atoms with Gasteiger partial charge in [-0.05, 0) is 35.4 Å². The predicted molar refractivity (Wildman–Crippen MR) is 59.4 cm³/mol. The first-order valence-electron chi connectivity index (χ1n) is 4.23. The van der Waals surface area contributed by atoms with Gasteiger partial charge in [0.1, 0.15) is 12.1 Å². The first-order valence-corrected chi connectivity index (χ1v) is 5.31. The minimum Gasteiger partial charge on any atom is -0.366 e. The maximum Gasteiger partial charge on any atom is 0.143 e. The van der Waals surface area contributed by atoms with Crippen LogP contribution >= 0.6 is 22.6 Å². The van der Waals surface area contributed by atoms with E-state index < -0.39 is 0 Å². The molecule has 0 saturated heterocycles. The highest BCUT2D eigenvalue weighted by Crippen LogP contribution is 2.23. The molecule has 0 spiro atoms. The van der Waals surface area contributed by atoms with Crippen molar-refractivity contribution in [2.45, 2.75) is 24.9 Å². The van der Waals surface area contributed by atoms with E-state index in [1.54, 1.807) is 12.5 Å². The third-order valence-corrected chi connectivity index (χ3v) is 2.97. The molecule has 0 atom stereocenters. The number of nitrogens with one attached hydrogen (secondary N) is 1. The summed E-state index contributed by atoms with van der Waals surface area (Å²) in [5.41, 5.74) is 5.69. The van der Waals surface area contributed by atoms with Gasteiger partial charge in [-0.2, -0.15) is 0 Å². The lowest BCUT2D eigenvalue weighted by molar-refractivity contribution is 0.373. The van der Waals surface area contributed by atoms with Gasteiger partial charge in [-0.25, -0.2) is 9.97 Å². The van der Waals surface area contributed by atoms with Crippen LogP contribution in [0.3, 0.4) is 0 Å². The lowest BCUT2D eigenvalue weighted by atomic mass is 9.88. The van der Waals surface area contributed by atoms with Crippen molar-refractivity contribution in [2.24, 2.45) is 5.73 Å². The van der Waals surface area contributed by atoms with E-state index in [0.717, 1.165) is 22.2 Å². The molecule has 70 valence electrons. The van der Waals surface area contributed by atoms with Gasteiger partial charge in [0, 0.05) is 18.3 Å². The van der Waals surface area contributed by atoms with Crippen LogP contribution in [0.25, 0.3) is 0 Å². The van der Waals surface area contributed by atoms with E-state index in [0.29, 0.717) is 12.1 Å². The van der Waals surface area contributed by atoms with E-state index in [9.17, 15) is 0 Å². The Balaban J connectivity index is 1.98. The zero-order valence-corrected chi connectivity index (χ0v) is 9.23. The Morgan fingerprint density at radius 3 is 2.92 bits per heavy atom. The molecule has 4 nitrogen and oxygen atoms in total. The topological polar surface area (TPSA) is 63.8 Å². The molecule has 1 saturated carbocycles. The summed E-state index contributed by atoms with van der Waals surface area (Å²) in [4.78, 5) is 8.08. The minimum absolute atomic E-state index is 0.372. The summed E-state index contributed by atoms with van der Waals surface area (Å²) in [5, 5.41) is 3.34. The van der Waals surface area contributed by atoms with Crippen molar-refractivity contribution in [1.29, 1.82) is 0 Å². The molecule has 1 aliphatic rings. The highest BCUT2D eigenvalue weighted by Gasteiger charge is 2.26. The van der Waals surface area contributed by atoms with E-state index in [1.807, 2.05) is 0 Å². The van der Waals surface area contributed by atoms with Crippen LogP contribution < -0.4 is 11.1 Å². The van der Waals surface area contributed by atoms with Gasteiger partial charge in [0.05, 0.1) is 3.57 Å². The van der Waals surface area contributed by atoms with Crippen molar-refractivity contribution >= 4 is 28.4 Å². The summed E-state index contributed by atoms with van der Waals surface area (Å²) in [6, 6.07) is 0.871. The summed E-state index contributed by atoms with van der Waals surface area (Å²) >= 11 is 2.22. The molecule has 1 heterocycles. The third-order valence-electron chi connectivity index (χ3n) is 2.18. The highest BCUT2D eigenvalue weighted by molar-refractivity contribution is 14.1. The number of aromatic nitrogens is 2. The van der Waals surface area contributed by atoms with E-state index in [-0.39, 0.29) is 0 Å². The van der Waals surface area contributed by atoms with Crippen molar-refractivity contribution in [3.63, 3.8) is 0 Å². The summed E-state index contributed by atoms with van der Waals surface area (Å²) in [7, 11) is 0. The molecule has 0 aliphatic heterocycles. The third kappa shape index (κ3) is 2.08. The molecule has 0 unspecified atom stereocenters. The van der Waals surface area contributed by atoms with Gasteiger partial charge < -0.3 is 11.1 Å². The van der Waals surface area contributed by atoms with Crippen LogP contribution in [0.15, 0.2) is 12.5 Å². The predicted octanol–water partition coefficient (Wildman–Crippen LogP) is 0.983. The van der Waals surface area contributed by atoms with Crippen LogP contribution in [0.1, 0.15) is 12.8 Å². The molecule has 0 aromatic carbocycles. The number of halogens is 1. The van der Waals surface area contributed by atoms with Gasteiger partial charge >= 0.3 is 0 Å². The summed E-state index contributed by atoms with van der Waals surface area (Å²) in [6.07, 6.45) is 5.44. The lowest BCUT2D eigenvalue weighted by Crippen LogP contribution is -2.44. The summed E-state index contributed by atoms with van der Waals surface area (Å²) in [5.74, 6) is 0.924. The van der Waals surface area contributed by atoms with Crippen molar-refractivity contribution in [3.8, 4) is 0 Å². The average molecular weight is 290 g/mol. The maximum atomic E-state index is 5.69. The monoisotopic (exact) mass is 290 g/mol. The van der Waals surface area contributed by atoms with Crippen LogP contribution in [-0.4, -0.2) is 22.1 Å². The van der Waals surface area contributed by atoms with Gasteiger partial charge in [-0.1, -0.05) is 0 Å². The van der Waals surface area contributed by atoms with Gasteiger partial charge in [-0.3, -0.25) is 0 Å². The van der Waals surface area contributed by atoms with Crippen LogP contribution in [0, 0.1) is 3.57 Å². The Labute approximate surface area is 90.5 Å². The standard InChI is InChI=1S/C8H11IN4/c9-7-3-11-4-12-8(7)13-6-1-5(10)2-6/h3-6H,1-2,10H2,(H,11,12,13). The van der Waals surface area contributed by atoms with Crippen LogP contribution in [-0.2, 0) is 0 Å².